The summed E-state index contributed by atoms with van der Waals surface area (Å²) in [7, 11) is 0. The van der Waals surface area contributed by atoms with Crippen molar-refractivity contribution < 1.29 is 48.3 Å². The van der Waals surface area contributed by atoms with Crippen molar-refractivity contribution in [1.82, 2.24) is 10.2 Å². The van der Waals surface area contributed by atoms with E-state index >= 15 is 0 Å². The molecule has 0 radical (unpaired) electrons. The molecule has 1 aromatic rings. The molecule has 1 aliphatic rings. The van der Waals surface area contributed by atoms with Gasteiger partial charge >= 0.3 is 23.6 Å². The molecular formula is C17H22F2N2O8. The van der Waals surface area contributed by atoms with Crippen LogP contribution < -0.4 is 10.1 Å². The van der Waals surface area contributed by atoms with Crippen LogP contribution in [-0.4, -0.2) is 94.3 Å². The number of aliphatic hydroxyl groups excluding tert-OH is 1. The van der Waals surface area contributed by atoms with E-state index in [2.05, 4.69) is 10.2 Å². The number of nitrogens with zero attached hydrogens (tertiary/aromatic N) is 1. The van der Waals surface area contributed by atoms with Crippen LogP contribution in [0, 0.1) is 5.82 Å². The van der Waals surface area contributed by atoms with Crippen molar-refractivity contribution in [3.05, 3.63) is 30.1 Å². The Morgan fingerprint density at radius 2 is 1.55 bits per heavy atom. The fourth-order valence-corrected chi connectivity index (χ4v) is 2.24. The first-order valence-corrected chi connectivity index (χ1v) is 8.46. The molecule has 1 aromatic carbocycles. The minimum absolute atomic E-state index is 0.232. The first-order chi connectivity index (χ1) is 13.6. The molecule has 1 heterocycles. The SMILES string of the molecule is O=C(O)C(F)(C(=O)O)C(=O)O.OC(COc1ccc(F)cc1)CN1CCNCC1. The first-order valence-electron chi connectivity index (χ1n) is 8.46. The molecule has 1 atom stereocenters. The molecule has 162 valence electrons. The van der Waals surface area contributed by atoms with Crippen molar-refractivity contribution in [2.45, 2.75) is 11.8 Å². The Labute approximate surface area is 164 Å². The summed E-state index contributed by atoms with van der Waals surface area (Å²) in [6.45, 7) is 4.68. The highest BCUT2D eigenvalue weighted by molar-refractivity contribution is 6.20. The van der Waals surface area contributed by atoms with Crippen LogP contribution in [0.25, 0.3) is 0 Å². The molecule has 29 heavy (non-hydrogen) atoms. The summed E-state index contributed by atoms with van der Waals surface area (Å²) in [5.41, 5.74) is -4.25. The normalized spacial score (nSPS) is 15.6. The summed E-state index contributed by atoms with van der Waals surface area (Å²) < 4.78 is 30.4. The third kappa shape index (κ3) is 7.60. The van der Waals surface area contributed by atoms with Gasteiger partial charge in [0.2, 0.25) is 0 Å². The lowest BCUT2D eigenvalue weighted by atomic mass is 10.1. The highest BCUT2D eigenvalue weighted by Crippen LogP contribution is 2.12. The van der Waals surface area contributed by atoms with Gasteiger partial charge in [-0.1, -0.05) is 0 Å². The van der Waals surface area contributed by atoms with Crippen LogP contribution in [0.15, 0.2) is 24.3 Å². The van der Waals surface area contributed by atoms with Gasteiger partial charge in [0, 0.05) is 32.7 Å². The summed E-state index contributed by atoms with van der Waals surface area (Å²) in [5, 5.41) is 36.6. The number of nitrogens with one attached hydrogen (secondary N) is 1. The highest BCUT2D eigenvalue weighted by Gasteiger charge is 2.55. The van der Waals surface area contributed by atoms with E-state index in [-0.39, 0.29) is 12.4 Å². The van der Waals surface area contributed by atoms with Crippen LogP contribution in [0.5, 0.6) is 5.75 Å². The van der Waals surface area contributed by atoms with E-state index < -0.39 is 29.7 Å². The highest BCUT2D eigenvalue weighted by atomic mass is 19.1. The second-order valence-corrected chi connectivity index (χ2v) is 6.04. The molecule has 1 unspecified atom stereocenters. The Balaban J connectivity index is 0.000000331. The molecule has 1 aliphatic heterocycles. The zero-order chi connectivity index (χ0) is 22.0. The average Bonchev–Trinajstić information content (AvgIpc) is 2.67. The third-order valence-corrected chi connectivity index (χ3v) is 3.82. The molecule has 0 amide bonds. The van der Waals surface area contributed by atoms with E-state index in [1.807, 2.05) is 0 Å². The van der Waals surface area contributed by atoms with Crippen molar-refractivity contribution >= 4 is 17.9 Å². The zero-order valence-electron chi connectivity index (χ0n) is 15.3. The van der Waals surface area contributed by atoms with Gasteiger partial charge in [-0.2, -0.15) is 0 Å². The lowest BCUT2D eigenvalue weighted by Gasteiger charge is -2.28. The predicted molar refractivity (Wildman–Crippen MR) is 94.0 cm³/mol. The molecule has 5 N–H and O–H groups in total. The molecule has 0 saturated carbocycles. The Morgan fingerprint density at radius 3 is 1.97 bits per heavy atom. The number of hydrogen-bond acceptors (Lipinski definition) is 7. The molecular weight excluding hydrogens is 398 g/mol. The maximum absolute atomic E-state index is 12.7. The number of halogens is 2. The van der Waals surface area contributed by atoms with E-state index in [4.69, 9.17) is 20.1 Å². The maximum atomic E-state index is 12.7. The molecule has 1 fully saturated rings. The Hall–Kier alpha value is -2.83. The molecule has 0 bridgehead atoms. The number of rotatable bonds is 8. The van der Waals surface area contributed by atoms with E-state index in [9.17, 15) is 28.3 Å². The molecule has 0 aliphatic carbocycles. The molecule has 2 rings (SSSR count). The molecule has 12 heteroatoms. The zero-order valence-corrected chi connectivity index (χ0v) is 15.3. The fraction of sp³-hybridized carbons (Fsp3) is 0.471. The fourth-order valence-electron chi connectivity index (χ4n) is 2.24. The Bertz CT molecular complexity index is 659. The van der Waals surface area contributed by atoms with Crippen molar-refractivity contribution in [2.24, 2.45) is 0 Å². The molecule has 0 aromatic heterocycles. The third-order valence-electron chi connectivity index (χ3n) is 3.82. The molecule has 0 spiro atoms. The van der Waals surface area contributed by atoms with Crippen molar-refractivity contribution in [3.63, 3.8) is 0 Å². The second-order valence-electron chi connectivity index (χ2n) is 6.04. The molecule has 10 nitrogen and oxygen atoms in total. The lowest BCUT2D eigenvalue weighted by molar-refractivity contribution is -0.177. The van der Waals surface area contributed by atoms with Crippen LogP contribution in [-0.2, 0) is 14.4 Å². The van der Waals surface area contributed by atoms with Gasteiger partial charge in [0.15, 0.2) is 0 Å². The number of aliphatic hydroxyl groups is 1. The number of ether oxygens (including phenoxy) is 1. The number of alkyl halides is 1. The quantitative estimate of drug-likeness (QED) is 0.345. The number of carboxylic acids is 3. The number of β-amino-alcohol motifs (C(OH)–C–C–N with tert-alkyl or cyclic N) is 1. The maximum Gasteiger partial charge on any atom is 0.396 e. The summed E-state index contributed by atoms with van der Waals surface area (Å²) in [6, 6.07) is 5.82. The lowest BCUT2D eigenvalue weighted by Crippen LogP contribution is -2.49. The predicted octanol–water partition coefficient (Wildman–Crippen LogP) is -0.581. The summed E-state index contributed by atoms with van der Waals surface area (Å²) in [4.78, 5) is 31.5. The van der Waals surface area contributed by atoms with Gasteiger partial charge in [0.25, 0.3) is 0 Å². The van der Waals surface area contributed by atoms with E-state index in [1.165, 1.54) is 12.1 Å². The van der Waals surface area contributed by atoms with Gasteiger partial charge in [-0.05, 0) is 24.3 Å². The van der Waals surface area contributed by atoms with Crippen LogP contribution in [0.2, 0.25) is 0 Å². The van der Waals surface area contributed by atoms with Crippen LogP contribution in [0.4, 0.5) is 8.78 Å². The van der Waals surface area contributed by atoms with Gasteiger partial charge in [0.1, 0.15) is 24.3 Å². The standard InChI is InChI=1S/C13H19FN2O2.C4H3FO6/c14-11-1-3-13(4-2-11)18-10-12(17)9-16-7-5-15-6-8-16;5-4(1(6)7,2(8)9)3(10)11/h1-4,12,15,17H,5-10H2;(H,6,7)(H,8,9)(H,10,11). The summed E-state index contributed by atoms with van der Waals surface area (Å²) >= 11 is 0. The van der Waals surface area contributed by atoms with Gasteiger partial charge < -0.3 is 30.5 Å². The van der Waals surface area contributed by atoms with E-state index in [1.54, 1.807) is 12.1 Å². The number of benzene rings is 1. The number of carbonyl (C=O) groups is 3. The van der Waals surface area contributed by atoms with E-state index in [0.29, 0.717) is 12.3 Å². The first kappa shape index (κ1) is 24.2. The van der Waals surface area contributed by atoms with Gasteiger partial charge in [-0.15, -0.1) is 0 Å². The number of hydrogen-bond donors (Lipinski definition) is 5. The topological polar surface area (TPSA) is 157 Å². The van der Waals surface area contributed by atoms with Gasteiger partial charge in [-0.3, -0.25) is 4.90 Å². The van der Waals surface area contributed by atoms with Crippen molar-refractivity contribution in [2.75, 3.05) is 39.3 Å². The van der Waals surface area contributed by atoms with Crippen molar-refractivity contribution in [1.29, 1.82) is 0 Å². The Kier molecular flexibility index (Phi) is 9.38. The van der Waals surface area contributed by atoms with Gasteiger partial charge in [0.05, 0.1) is 0 Å². The molecule has 1 saturated heterocycles. The summed E-state index contributed by atoms with van der Waals surface area (Å²) in [5.74, 6) is -7.38. The van der Waals surface area contributed by atoms with E-state index in [0.717, 1.165) is 26.2 Å². The van der Waals surface area contributed by atoms with Gasteiger partial charge in [-0.25, -0.2) is 23.2 Å². The van der Waals surface area contributed by atoms with Crippen LogP contribution in [0.3, 0.4) is 0 Å². The average molecular weight is 420 g/mol. The second kappa shape index (κ2) is 11.2. The van der Waals surface area contributed by atoms with Crippen LogP contribution in [0.1, 0.15) is 0 Å². The number of aliphatic carboxylic acids is 3. The number of piperazine rings is 1. The smallest absolute Gasteiger partial charge is 0.396 e. The number of carboxylic acid groups (broad SMARTS) is 3. The Morgan fingerprint density at radius 1 is 1.07 bits per heavy atom. The summed E-state index contributed by atoms with van der Waals surface area (Å²) in [6.07, 6.45) is -0.520. The largest absolute Gasteiger partial charge is 0.491 e. The van der Waals surface area contributed by atoms with Crippen LogP contribution >= 0.6 is 0 Å². The minimum Gasteiger partial charge on any atom is -0.491 e. The minimum atomic E-state index is -4.25. The van der Waals surface area contributed by atoms with Crippen molar-refractivity contribution in [3.8, 4) is 5.75 Å². The monoisotopic (exact) mass is 420 g/mol.